The van der Waals surface area contributed by atoms with Gasteiger partial charge in [0.05, 0.1) is 4.90 Å². The van der Waals surface area contributed by atoms with Crippen molar-refractivity contribution in [3.63, 3.8) is 0 Å². The highest BCUT2D eigenvalue weighted by molar-refractivity contribution is 7.92. The van der Waals surface area contributed by atoms with Crippen molar-refractivity contribution in [3.8, 4) is 0 Å². The second-order valence-electron chi connectivity index (χ2n) is 6.98. The zero-order valence-corrected chi connectivity index (χ0v) is 16.5. The van der Waals surface area contributed by atoms with Crippen molar-refractivity contribution in [2.45, 2.75) is 44.6 Å². The maximum absolute atomic E-state index is 12.9. The Hall–Kier alpha value is -2.41. The second-order valence-corrected chi connectivity index (χ2v) is 8.66. The van der Waals surface area contributed by atoms with Crippen LogP contribution in [0.15, 0.2) is 53.4 Å². The standard InChI is InChI=1S/C20H25FN2O3S/c1-14(2)4-5-15(3)22-20(24)16-6-12-19(13-7-16)27(25,26)23-18-10-8-17(21)9-11-18/h6-15,23H,4-5H2,1-3H3,(H,22,24). The van der Waals surface area contributed by atoms with Crippen molar-refractivity contribution in [3.05, 3.63) is 59.9 Å². The molecule has 0 aromatic heterocycles. The van der Waals surface area contributed by atoms with Crippen LogP contribution in [0.5, 0.6) is 0 Å². The molecule has 0 saturated heterocycles. The molecule has 0 spiro atoms. The normalized spacial score (nSPS) is 12.6. The van der Waals surface area contributed by atoms with Crippen molar-refractivity contribution < 1.29 is 17.6 Å². The van der Waals surface area contributed by atoms with Crippen LogP contribution in [0.1, 0.15) is 44.0 Å². The van der Waals surface area contributed by atoms with E-state index < -0.39 is 15.8 Å². The van der Waals surface area contributed by atoms with Crippen LogP contribution in [0, 0.1) is 11.7 Å². The van der Waals surface area contributed by atoms with E-state index in [9.17, 15) is 17.6 Å². The number of benzene rings is 2. The third-order valence-corrected chi connectivity index (χ3v) is 5.47. The number of halogens is 1. The molecule has 0 radical (unpaired) electrons. The minimum atomic E-state index is -3.81. The molecule has 0 aliphatic carbocycles. The molecule has 5 nitrogen and oxygen atoms in total. The summed E-state index contributed by atoms with van der Waals surface area (Å²) in [5.74, 6) is -0.111. The summed E-state index contributed by atoms with van der Waals surface area (Å²) in [6, 6.07) is 10.8. The lowest BCUT2D eigenvalue weighted by Crippen LogP contribution is -2.32. The van der Waals surface area contributed by atoms with E-state index in [2.05, 4.69) is 23.9 Å². The number of nitrogens with one attached hydrogen (secondary N) is 2. The van der Waals surface area contributed by atoms with Gasteiger partial charge in [0.1, 0.15) is 5.82 Å². The number of carbonyl (C=O) groups is 1. The maximum atomic E-state index is 12.9. The van der Waals surface area contributed by atoms with Gasteiger partial charge in [-0.2, -0.15) is 0 Å². The first-order valence-corrected chi connectivity index (χ1v) is 10.3. The van der Waals surface area contributed by atoms with Crippen molar-refractivity contribution in [1.82, 2.24) is 5.32 Å². The van der Waals surface area contributed by atoms with Crippen LogP contribution < -0.4 is 10.0 Å². The largest absolute Gasteiger partial charge is 0.350 e. The van der Waals surface area contributed by atoms with Gasteiger partial charge in [0.15, 0.2) is 0 Å². The lowest BCUT2D eigenvalue weighted by atomic mass is 10.0. The van der Waals surface area contributed by atoms with Crippen molar-refractivity contribution in [2.24, 2.45) is 5.92 Å². The number of hydrogen-bond acceptors (Lipinski definition) is 3. The quantitative estimate of drug-likeness (QED) is 0.708. The smallest absolute Gasteiger partial charge is 0.261 e. The van der Waals surface area contributed by atoms with Gasteiger partial charge < -0.3 is 5.32 Å². The van der Waals surface area contributed by atoms with Crippen LogP contribution in [0.3, 0.4) is 0 Å². The van der Waals surface area contributed by atoms with E-state index in [-0.39, 0.29) is 22.5 Å². The average molecular weight is 392 g/mol. The van der Waals surface area contributed by atoms with E-state index in [1.54, 1.807) is 0 Å². The first-order chi connectivity index (χ1) is 12.7. The van der Waals surface area contributed by atoms with Crippen molar-refractivity contribution in [2.75, 3.05) is 4.72 Å². The fraction of sp³-hybridized carbons (Fsp3) is 0.350. The molecule has 7 heteroatoms. The fourth-order valence-corrected chi connectivity index (χ4v) is 3.54. The lowest BCUT2D eigenvalue weighted by Gasteiger charge is -2.15. The molecule has 0 aliphatic rings. The highest BCUT2D eigenvalue weighted by atomic mass is 32.2. The highest BCUT2D eigenvalue weighted by Gasteiger charge is 2.16. The molecule has 1 amide bonds. The molecule has 2 aromatic carbocycles. The van der Waals surface area contributed by atoms with Crippen LogP contribution in [0.4, 0.5) is 10.1 Å². The average Bonchev–Trinajstić information content (AvgIpc) is 2.62. The van der Waals surface area contributed by atoms with E-state index in [4.69, 9.17) is 0 Å². The molecule has 2 N–H and O–H groups in total. The lowest BCUT2D eigenvalue weighted by molar-refractivity contribution is 0.0937. The Bertz CT molecular complexity index is 863. The summed E-state index contributed by atoms with van der Waals surface area (Å²) >= 11 is 0. The number of carbonyl (C=O) groups excluding carboxylic acids is 1. The van der Waals surface area contributed by atoms with Gasteiger partial charge >= 0.3 is 0 Å². The molecule has 27 heavy (non-hydrogen) atoms. The summed E-state index contributed by atoms with van der Waals surface area (Å²) in [7, 11) is -3.81. The molecule has 146 valence electrons. The summed E-state index contributed by atoms with van der Waals surface area (Å²) in [6.45, 7) is 6.22. The number of amides is 1. The van der Waals surface area contributed by atoms with E-state index in [1.807, 2.05) is 6.92 Å². The first-order valence-electron chi connectivity index (χ1n) is 8.86. The van der Waals surface area contributed by atoms with Crippen molar-refractivity contribution in [1.29, 1.82) is 0 Å². The van der Waals surface area contributed by atoms with Gasteiger partial charge in [-0.25, -0.2) is 12.8 Å². The van der Waals surface area contributed by atoms with Crippen LogP contribution in [0.25, 0.3) is 0 Å². The van der Waals surface area contributed by atoms with Crippen LogP contribution in [0.2, 0.25) is 0 Å². The van der Waals surface area contributed by atoms with Crippen LogP contribution >= 0.6 is 0 Å². The predicted octanol–water partition coefficient (Wildman–Crippen LogP) is 4.18. The number of hydrogen-bond donors (Lipinski definition) is 2. The first kappa shape index (κ1) is 20.9. The molecule has 0 bridgehead atoms. The molecule has 0 aliphatic heterocycles. The molecule has 0 saturated carbocycles. The molecule has 1 unspecified atom stereocenters. The van der Waals surface area contributed by atoms with E-state index >= 15 is 0 Å². The Morgan fingerprint density at radius 1 is 0.963 bits per heavy atom. The fourth-order valence-electron chi connectivity index (χ4n) is 2.48. The van der Waals surface area contributed by atoms with E-state index in [1.165, 1.54) is 48.5 Å². The topological polar surface area (TPSA) is 75.3 Å². The Labute approximate surface area is 160 Å². The SMILES string of the molecule is CC(C)CCC(C)NC(=O)c1ccc(S(=O)(=O)Nc2ccc(F)cc2)cc1. The summed E-state index contributed by atoms with van der Waals surface area (Å²) < 4.78 is 40.1. The summed E-state index contributed by atoms with van der Waals surface area (Å²) in [5.41, 5.74) is 0.657. The molecule has 2 rings (SSSR count). The Balaban J connectivity index is 2.02. The Morgan fingerprint density at radius 3 is 2.11 bits per heavy atom. The number of sulfonamides is 1. The molecular weight excluding hydrogens is 367 g/mol. The van der Waals surface area contributed by atoms with Crippen LogP contribution in [-0.4, -0.2) is 20.4 Å². The molecule has 0 heterocycles. The molecule has 1 atom stereocenters. The van der Waals surface area contributed by atoms with E-state index in [0.29, 0.717) is 11.5 Å². The van der Waals surface area contributed by atoms with Gasteiger partial charge in [-0.05, 0) is 74.2 Å². The maximum Gasteiger partial charge on any atom is 0.261 e. The van der Waals surface area contributed by atoms with Gasteiger partial charge in [0, 0.05) is 17.3 Å². The van der Waals surface area contributed by atoms with Crippen LogP contribution in [-0.2, 0) is 10.0 Å². The molecule has 0 fully saturated rings. The van der Waals surface area contributed by atoms with E-state index in [0.717, 1.165) is 12.8 Å². The number of anilines is 1. The summed E-state index contributed by atoms with van der Waals surface area (Å²) in [6.07, 6.45) is 1.91. The minimum absolute atomic E-state index is 0.0243. The van der Waals surface area contributed by atoms with Gasteiger partial charge in [0.2, 0.25) is 0 Å². The Morgan fingerprint density at radius 2 is 1.56 bits per heavy atom. The predicted molar refractivity (Wildman–Crippen MR) is 105 cm³/mol. The van der Waals surface area contributed by atoms with Gasteiger partial charge in [-0.1, -0.05) is 13.8 Å². The molecule has 2 aromatic rings. The second kappa shape index (κ2) is 8.99. The Kier molecular flexibility index (Phi) is 6.96. The molecular formula is C20H25FN2O3S. The monoisotopic (exact) mass is 392 g/mol. The van der Waals surface area contributed by atoms with Gasteiger partial charge in [-0.3, -0.25) is 9.52 Å². The zero-order chi connectivity index (χ0) is 20.0. The third kappa shape index (κ3) is 6.36. The number of rotatable bonds is 8. The van der Waals surface area contributed by atoms with Gasteiger partial charge in [0.25, 0.3) is 15.9 Å². The highest BCUT2D eigenvalue weighted by Crippen LogP contribution is 2.17. The van der Waals surface area contributed by atoms with Crippen molar-refractivity contribution >= 4 is 21.6 Å². The summed E-state index contributed by atoms with van der Waals surface area (Å²) in [4.78, 5) is 12.3. The van der Waals surface area contributed by atoms with Gasteiger partial charge in [-0.15, -0.1) is 0 Å². The minimum Gasteiger partial charge on any atom is -0.350 e. The zero-order valence-electron chi connectivity index (χ0n) is 15.7. The third-order valence-electron chi connectivity index (χ3n) is 4.08. The summed E-state index contributed by atoms with van der Waals surface area (Å²) in [5, 5.41) is 2.92.